The number of nitrogens with one attached hydrogen (secondary N) is 2. The highest BCUT2D eigenvalue weighted by atomic mass is 19.1. The summed E-state index contributed by atoms with van der Waals surface area (Å²) < 4.78 is 12.9. The van der Waals surface area contributed by atoms with Crippen molar-refractivity contribution in [2.24, 2.45) is 10.7 Å². The fourth-order valence-corrected chi connectivity index (χ4v) is 1.98. The normalized spacial score (nSPS) is 11.1. The predicted molar refractivity (Wildman–Crippen MR) is 88.4 cm³/mol. The number of amides is 1. The number of benzene rings is 2. The third-order valence-corrected chi connectivity index (χ3v) is 3.30. The first-order valence-electron chi connectivity index (χ1n) is 7.16. The predicted octanol–water partition coefficient (Wildman–Crippen LogP) is 1.79. The van der Waals surface area contributed by atoms with Gasteiger partial charge in [0.05, 0.1) is 0 Å². The van der Waals surface area contributed by atoms with Crippen LogP contribution in [0.4, 0.5) is 4.39 Å². The largest absolute Gasteiger partial charge is 0.366 e. The number of aliphatic imine (C=N–C) groups is 1. The van der Waals surface area contributed by atoms with Crippen molar-refractivity contribution in [1.82, 2.24) is 10.6 Å². The molecule has 0 saturated heterocycles. The highest BCUT2D eigenvalue weighted by Crippen LogP contribution is 2.04. The maximum absolute atomic E-state index is 12.9. The molecule has 0 atom stereocenters. The lowest BCUT2D eigenvalue weighted by atomic mass is 10.1. The number of hydrogen-bond donors (Lipinski definition) is 3. The van der Waals surface area contributed by atoms with Gasteiger partial charge < -0.3 is 16.4 Å². The van der Waals surface area contributed by atoms with Gasteiger partial charge in [-0.1, -0.05) is 24.3 Å². The van der Waals surface area contributed by atoms with Crippen LogP contribution < -0.4 is 16.4 Å². The van der Waals surface area contributed by atoms with Crippen molar-refractivity contribution < 1.29 is 9.18 Å². The van der Waals surface area contributed by atoms with Crippen LogP contribution in [-0.2, 0) is 13.1 Å². The van der Waals surface area contributed by atoms with E-state index < -0.39 is 5.91 Å². The minimum atomic E-state index is -0.443. The molecule has 0 bridgehead atoms. The van der Waals surface area contributed by atoms with Crippen LogP contribution in [0.2, 0.25) is 0 Å². The molecule has 0 aromatic heterocycles. The second-order valence-electron chi connectivity index (χ2n) is 4.97. The molecule has 6 heteroatoms. The van der Waals surface area contributed by atoms with E-state index >= 15 is 0 Å². The molecule has 0 aliphatic rings. The van der Waals surface area contributed by atoms with Crippen LogP contribution in [0, 0.1) is 5.82 Å². The molecule has 0 aliphatic heterocycles. The summed E-state index contributed by atoms with van der Waals surface area (Å²) in [7, 11) is 1.68. The number of rotatable bonds is 5. The smallest absolute Gasteiger partial charge is 0.248 e. The zero-order valence-corrected chi connectivity index (χ0v) is 12.8. The topological polar surface area (TPSA) is 79.5 Å². The minimum Gasteiger partial charge on any atom is -0.366 e. The highest BCUT2D eigenvalue weighted by molar-refractivity contribution is 5.92. The van der Waals surface area contributed by atoms with E-state index in [-0.39, 0.29) is 5.82 Å². The average Bonchev–Trinajstić information content (AvgIpc) is 2.57. The molecule has 4 N–H and O–H groups in total. The molecule has 2 aromatic rings. The van der Waals surface area contributed by atoms with Gasteiger partial charge in [0.15, 0.2) is 5.96 Å². The first-order chi connectivity index (χ1) is 11.1. The van der Waals surface area contributed by atoms with Gasteiger partial charge in [0, 0.05) is 25.7 Å². The number of hydrogen-bond acceptors (Lipinski definition) is 2. The molecule has 1 amide bonds. The van der Waals surface area contributed by atoms with E-state index in [1.54, 1.807) is 31.3 Å². The van der Waals surface area contributed by atoms with Crippen LogP contribution in [0.25, 0.3) is 0 Å². The number of nitrogens with two attached hydrogens (primary N) is 1. The Labute approximate surface area is 134 Å². The average molecular weight is 314 g/mol. The Morgan fingerprint density at radius 2 is 1.48 bits per heavy atom. The summed E-state index contributed by atoms with van der Waals surface area (Å²) in [6, 6.07) is 13.3. The van der Waals surface area contributed by atoms with Gasteiger partial charge in [-0.05, 0) is 35.4 Å². The summed E-state index contributed by atoms with van der Waals surface area (Å²) in [6.45, 7) is 1.10. The molecule has 0 radical (unpaired) electrons. The molecule has 0 heterocycles. The molecule has 0 spiro atoms. The van der Waals surface area contributed by atoms with Crippen molar-refractivity contribution in [3.8, 4) is 0 Å². The van der Waals surface area contributed by atoms with E-state index in [0.717, 1.165) is 11.1 Å². The summed E-state index contributed by atoms with van der Waals surface area (Å²) in [6.07, 6.45) is 0. The monoisotopic (exact) mass is 314 g/mol. The highest BCUT2D eigenvalue weighted by Gasteiger charge is 2.02. The summed E-state index contributed by atoms with van der Waals surface area (Å²) in [5, 5.41) is 6.31. The molecule has 0 saturated carbocycles. The van der Waals surface area contributed by atoms with Crippen LogP contribution in [0.15, 0.2) is 53.5 Å². The molecular formula is C17H19FN4O. The maximum atomic E-state index is 12.9. The second-order valence-corrected chi connectivity index (χ2v) is 4.97. The number of halogens is 1. The van der Waals surface area contributed by atoms with Gasteiger partial charge in [-0.3, -0.25) is 9.79 Å². The van der Waals surface area contributed by atoms with E-state index in [9.17, 15) is 9.18 Å². The Kier molecular flexibility index (Phi) is 5.68. The summed E-state index contributed by atoms with van der Waals surface area (Å²) in [5.74, 6) is -0.0646. The fourth-order valence-electron chi connectivity index (χ4n) is 1.98. The molecule has 5 nitrogen and oxygen atoms in total. The van der Waals surface area contributed by atoms with Gasteiger partial charge >= 0.3 is 0 Å². The molecule has 2 aromatic carbocycles. The number of primary amides is 1. The molecular weight excluding hydrogens is 295 g/mol. The number of carbonyl (C=O) groups is 1. The van der Waals surface area contributed by atoms with E-state index in [2.05, 4.69) is 15.6 Å². The Morgan fingerprint density at radius 1 is 1.00 bits per heavy atom. The fraction of sp³-hybridized carbons (Fsp3) is 0.176. The summed E-state index contributed by atoms with van der Waals surface area (Å²) >= 11 is 0. The number of nitrogens with zero attached hydrogens (tertiary/aromatic N) is 1. The lowest BCUT2D eigenvalue weighted by molar-refractivity contribution is 0.100. The Balaban J connectivity index is 1.85. The van der Waals surface area contributed by atoms with E-state index in [1.165, 1.54) is 12.1 Å². The van der Waals surface area contributed by atoms with Gasteiger partial charge in [0.1, 0.15) is 5.82 Å². The van der Waals surface area contributed by atoms with Crippen LogP contribution in [0.5, 0.6) is 0 Å². The van der Waals surface area contributed by atoms with Crippen LogP contribution >= 0.6 is 0 Å². The first kappa shape index (κ1) is 16.5. The van der Waals surface area contributed by atoms with E-state index in [0.29, 0.717) is 24.6 Å². The molecule has 2 rings (SSSR count). The van der Waals surface area contributed by atoms with Gasteiger partial charge in [-0.2, -0.15) is 0 Å². The number of carbonyl (C=O) groups excluding carboxylic acids is 1. The lowest BCUT2D eigenvalue weighted by Crippen LogP contribution is -2.36. The van der Waals surface area contributed by atoms with Crippen LogP contribution in [-0.4, -0.2) is 18.9 Å². The van der Waals surface area contributed by atoms with Crippen molar-refractivity contribution in [2.75, 3.05) is 7.05 Å². The standard InChI is InChI=1S/C17H19FN4O/c1-20-17(22-11-13-4-8-15(18)9-5-13)21-10-12-2-6-14(7-3-12)16(19)23/h2-9H,10-11H2,1H3,(H2,19,23)(H2,20,21,22). The molecule has 23 heavy (non-hydrogen) atoms. The maximum Gasteiger partial charge on any atom is 0.248 e. The molecule has 0 unspecified atom stereocenters. The summed E-state index contributed by atoms with van der Waals surface area (Å²) in [4.78, 5) is 15.1. The Hall–Kier alpha value is -2.89. The zero-order valence-electron chi connectivity index (χ0n) is 12.8. The SMILES string of the molecule is CN=C(NCc1ccc(F)cc1)NCc1ccc(C(N)=O)cc1. The van der Waals surface area contributed by atoms with Crippen molar-refractivity contribution in [3.63, 3.8) is 0 Å². The molecule has 0 aliphatic carbocycles. The Morgan fingerprint density at radius 3 is 1.91 bits per heavy atom. The van der Waals surface area contributed by atoms with Crippen LogP contribution in [0.3, 0.4) is 0 Å². The quantitative estimate of drug-likeness (QED) is 0.581. The van der Waals surface area contributed by atoms with Crippen LogP contribution in [0.1, 0.15) is 21.5 Å². The minimum absolute atomic E-state index is 0.254. The molecule has 120 valence electrons. The third-order valence-electron chi connectivity index (χ3n) is 3.30. The van der Waals surface area contributed by atoms with Crippen molar-refractivity contribution >= 4 is 11.9 Å². The van der Waals surface area contributed by atoms with E-state index in [4.69, 9.17) is 5.73 Å². The van der Waals surface area contributed by atoms with Crippen molar-refractivity contribution in [3.05, 3.63) is 71.0 Å². The molecule has 0 fully saturated rings. The van der Waals surface area contributed by atoms with Crippen molar-refractivity contribution in [2.45, 2.75) is 13.1 Å². The Bertz CT molecular complexity index is 681. The van der Waals surface area contributed by atoms with Gasteiger partial charge in [0.2, 0.25) is 5.91 Å². The first-order valence-corrected chi connectivity index (χ1v) is 7.16. The lowest BCUT2D eigenvalue weighted by Gasteiger charge is -2.12. The van der Waals surface area contributed by atoms with Gasteiger partial charge in [-0.25, -0.2) is 4.39 Å². The number of guanidine groups is 1. The van der Waals surface area contributed by atoms with Crippen molar-refractivity contribution in [1.29, 1.82) is 0 Å². The van der Waals surface area contributed by atoms with E-state index in [1.807, 2.05) is 12.1 Å². The second kappa shape index (κ2) is 7.93. The summed E-state index contributed by atoms with van der Waals surface area (Å²) in [5.41, 5.74) is 7.64. The third kappa shape index (κ3) is 5.10. The van der Waals surface area contributed by atoms with Gasteiger partial charge in [-0.15, -0.1) is 0 Å². The zero-order chi connectivity index (χ0) is 16.7. The van der Waals surface area contributed by atoms with Gasteiger partial charge in [0.25, 0.3) is 0 Å².